The molecule has 1 aliphatic carbocycles. The molecule has 0 bridgehead atoms. The standard InChI is InChI=1S/C22H22FN3O2/c1-28-22(27)25-17-6-8-21-19(11-17)18-10-14(12-24)5-7-20(18)26(21)13-15-3-2-4-16(23)9-15/h2-5,7,9-10,17,22,25,27H,6,8,11,13H2,1H3. The summed E-state index contributed by atoms with van der Waals surface area (Å²) in [4.78, 5) is 0. The summed E-state index contributed by atoms with van der Waals surface area (Å²) in [5.41, 5.74) is 4.94. The summed E-state index contributed by atoms with van der Waals surface area (Å²) >= 11 is 0. The molecule has 0 aliphatic heterocycles. The maximum atomic E-state index is 13.7. The van der Waals surface area contributed by atoms with Crippen molar-refractivity contribution in [2.24, 2.45) is 0 Å². The Morgan fingerprint density at radius 1 is 1.36 bits per heavy atom. The molecule has 0 amide bonds. The van der Waals surface area contributed by atoms with Gasteiger partial charge in [0, 0.05) is 36.3 Å². The number of aliphatic hydroxyl groups excluding tert-OH is 1. The van der Waals surface area contributed by atoms with Gasteiger partial charge in [-0.2, -0.15) is 5.26 Å². The minimum absolute atomic E-state index is 0.0846. The first kappa shape index (κ1) is 18.6. The summed E-state index contributed by atoms with van der Waals surface area (Å²) in [6.45, 7) is 0.578. The molecule has 3 aromatic rings. The lowest BCUT2D eigenvalue weighted by Gasteiger charge is -2.26. The summed E-state index contributed by atoms with van der Waals surface area (Å²) in [5.74, 6) is -0.243. The van der Waals surface area contributed by atoms with Crippen LogP contribution in [0.15, 0.2) is 42.5 Å². The Morgan fingerprint density at radius 3 is 2.96 bits per heavy atom. The van der Waals surface area contributed by atoms with Crippen molar-refractivity contribution < 1.29 is 14.2 Å². The second kappa shape index (κ2) is 7.72. The van der Waals surface area contributed by atoms with Crippen molar-refractivity contribution in [1.82, 2.24) is 9.88 Å². The van der Waals surface area contributed by atoms with Crippen molar-refractivity contribution in [3.05, 3.63) is 70.7 Å². The van der Waals surface area contributed by atoms with Crippen LogP contribution in [-0.4, -0.2) is 29.2 Å². The van der Waals surface area contributed by atoms with Crippen molar-refractivity contribution in [3.8, 4) is 6.07 Å². The molecule has 5 nitrogen and oxygen atoms in total. The fraction of sp³-hybridized carbons (Fsp3) is 0.318. The van der Waals surface area contributed by atoms with Crippen LogP contribution in [0.1, 0.15) is 28.8 Å². The molecule has 2 aromatic carbocycles. The lowest BCUT2D eigenvalue weighted by Crippen LogP contribution is -2.42. The van der Waals surface area contributed by atoms with Gasteiger partial charge in [-0.3, -0.25) is 5.32 Å². The molecule has 0 spiro atoms. The van der Waals surface area contributed by atoms with Crippen molar-refractivity contribution in [2.45, 2.75) is 38.3 Å². The van der Waals surface area contributed by atoms with E-state index in [9.17, 15) is 14.8 Å². The van der Waals surface area contributed by atoms with E-state index in [2.05, 4.69) is 16.0 Å². The van der Waals surface area contributed by atoms with Crippen LogP contribution in [0.3, 0.4) is 0 Å². The van der Waals surface area contributed by atoms with Gasteiger partial charge in [-0.25, -0.2) is 4.39 Å². The van der Waals surface area contributed by atoms with Crippen molar-refractivity contribution in [2.75, 3.05) is 7.11 Å². The number of ether oxygens (including phenoxy) is 1. The van der Waals surface area contributed by atoms with E-state index < -0.39 is 6.41 Å². The Kier molecular flexibility index (Phi) is 5.14. The van der Waals surface area contributed by atoms with Crippen LogP contribution in [0.2, 0.25) is 0 Å². The first-order valence-corrected chi connectivity index (χ1v) is 9.34. The number of nitriles is 1. The predicted molar refractivity (Wildman–Crippen MR) is 104 cm³/mol. The zero-order valence-corrected chi connectivity index (χ0v) is 15.7. The minimum atomic E-state index is -0.998. The van der Waals surface area contributed by atoms with Gasteiger partial charge < -0.3 is 14.4 Å². The largest absolute Gasteiger partial charge is 0.356 e. The van der Waals surface area contributed by atoms with E-state index in [4.69, 9.17) is 4.74 Å². The Labute approximate surface area is 163 Å². The van der Waals surface area contributed by atoms with Crippen LogP contribution in [-0.2, 0) is 24.1 Å². The van der Waals surface area contributed by atoms with Gasteiger partial charge in [-0.15, -0.1) is 0 Å². The maximum absolute atomic E-state index is 13.7. The van der Waals surface area contributed by atoms with E-state index in [1.54, 1.807) is 12.1 Å². The van der Waals surface area contributed by atoms with Crippen LogP contribution in [0.25, 0.3) is 10.9 Å². The molecule has 0 saturated carbocycles. The van der Waals surface area contributed by atoms with Gasteiger partial charge in [0.2, 0.25) is 6.41 Å². The van der Waals surface area contributed by atoms with E-state index in [1.807, 2.05) is 24.3 Å². The van der Waals surface area contributed by atoms with E-state index >= 15 is 0 Å². The minimum Gasteiger partial charge on any atom is -0.356 e. The highest BCUT2D eigenvalue weighted by Crippen LogP contribution is 2.33. The second-order valence-electron chi connectivity index (χ2n) is 7.18. The number of hydrogen-bond donors (Lipinski definition) is 2. The highest BCUT2D eigenvalue weighted by molar-refractivity contribution is 5.87. The van der Waals surface area contributed by atoms with Gasteiger partial charge in [0.25, 0.3) is 0 Å². The average Bonchev–Trinajstić information content (AvgIpc) is 3.00. The summed E-state index contributed by atoms with van der Waals surface area (Å²) < 4.78 is 20.8. The summed E-state index contributed by atoms with van der Waals surface area (Å²) in [5, 5.41) is 23.2. The van der Waals surface area contributed by atoms with Crippen molar-refractivity contribution in [1.29, 1.82) is 5.26 Å². The predicted octanol–water partition coefficient (Wildman–Crippen LogP) is 3.07. The molecular weight excluding hydrogens is 357 g/mol. The Bertz CT molecular complexity index is 1050. The zero-order valence-electron chi connectivity index (χ0n) is 15.7. The molecule has 0 fully saturated rings. The fourth-order valence-electron chi connectivity index (χ4n) is 4.13. The number of benzene rings is 2. The number of aliphatic hydroxyl groups is 1. The topological polar surface area (TPSA) is 70.2 Å². The number of rotatable bonds is 5. The number of fused-ring (bicyclic) bond motifs is 3. The molecule has 0 radical (unpaired) electrons. The van der Waals surface area contributed by atoms with Gasteiger partial charge in [-0.05, 0) is 60.7 Å². The van der Waals surface area contributed by atoms with Gasteiger partial charge >= 0.3 is 0 Å². The molecule has 2 atom stereocenters. The third kappa shape index (κ3) is 3.52. The first-order chi connectivity index (χ1) is 13.6. The van der Waals surface area contributed by atoms with Crippen LogP contribution < -0.4 is 5.32 Å². The molecule has 4 rings (SSSR count). The molecule has 28 heavy (non-hydrogen) atoms. The molecule has 2 unspecified atom stereocenters. The number of nitrogens with zero attached hydrogens (tertiary/aromatic N) is 2. The number of hydrogen-bond acceptors (Lipinski definition) is 4. The van der Waals surface area contributed by atoms with Gasteiger partial charge in [0.05, 0.1) is 11.6 Å². The normalized spacial score (nSPS) is 17.3. The number of aromatic nitrogens is 1. The van der Waals surface area contributed by atoms with E-state index in [0.29, 0.717) is 12.1 Å². The molecule has 1 heterocycles. The summed E-state index contributed by atoms with van der Waals surface area (Å²) in [6.07, 6.45) is 1.42. The van der Waals surface area contributed by atoms with Gasteiger partial charge in [0.15, 0.2) is 0 Å². The van der Waals surface area contributed by atoms with Crippen LogP contribution in [0, 0.1) is 17.1 Å². The lowest BCUT2D eigenvalue weighted by atomic mass is 9.91. The quantitative estimate of drug-likeness (QED) is 0.669. The summed E-state index contributed by atoms with van der Waals surface area (Å²) in [6, 6.07) is 14.7. The lowest BCUT2D eigenvalue weighted by molar-refractivity contribution is -0.104. The van der Waals surface area contributed by atoms with Crippen LogP contribution >= 0.6 is 0 Å². The number of methoxy groups -OCH3 is 1. The van der Waals surface area contributed by atoms with Crippen molar-refractivity contribution in [3.63, 3.8) is 0 Å². The molecule has 0 saturated heterocycles. The monoisotopic (exact) mass is 379 g/mol. The second-order valence-corrected chi connectivity index (χ2v) is 7.18. The summed E-state index contributed by atoms with van der Waals surface area (Å²) in [7, 11) is 1.45. The van der Waals surface area contributed by atoms with Crippen molar-refractivity contribution >= 4 is 10.9 Å². The SMILES string of the molecule is COC(O)NC1CCc2c(c3cc(C#N)ccc3n2Cc2cccc(F)c2)C1. The number of nitrogens with one attached hydrogen (secondary N) is 1. The highest BCUT2D eigenvalue weighted by atomic mass is 19.1. The van der Waals surface area contributed by atoms with Crippen LogP contribution in [0.5, 0.6) is 0 Å². The first-order valence-electron chi connectivity index (χ1n) is 9.34. The fourth-order valence-corrected chi connectivity index (χ4v) is 4.13. The van der Waals surface area contributed by atoms with E-state index in [0.717, 1.165) is 35.7 Å². The van der Waals surface area contributed by atoms with E-state index in [1.165, 1.54) is 24.4 Å². The Balaban J connectivity index is 1.77. The third-order valence-corrected chi connectivity index (χ3v) is 5.43. The number of halogens is 1. The van der Waals surface area contributed by atoms with Gasteiger partial charge in [0.1, 0.15) is 5.82 Å². The molecule has 144 valence electrons. The molecule has 1 aromatic heterocycles. The molecule has 1 aliphatic rings. The Morgan fingerprint density at radius 2 is 2.21 bits per heavy atom. The maximum Gasteiger partial charge on any atom is 0.213 e. The zero-order chi connectivity index (χ0) is 19.7. The smallest absolute Gasteiger partial charge is 0.213 e. The molecule has 2 N–H and O–H groups in total. The molecular formula is C22H22FN3O2. The average molecular weight is 379 g/mol. The third-order valence-electron chi connectivity index (χ3n) is 5.43. The van der Waals surface area contributed by atoms with Gasteiger partial charge in [-0.1, -0.05) is 12.1 Å². The van der Waals surface area contributed by atoms with Crippen LogP contribution in [0.4, 0.5) is 4.39 Å². The Hall–Kier alpha value is -2.72. The highest BCUT2D eigenvalue weighted by Gasteiger charge is 2.26. The molecule has 6 heteroatoms. The van der Waals surface area contributed by atoms with E-state index in [-0.39, 0.29) is 11.9 Å².